The van der Waals surface area contributed by atoms with Crippen LogP contribution in [0.3, 0.4) is 0 Å². The number of carbonyl (C=O) groups is 1. The van der Waals surface area contributed by atoms with Crippen LogP contribution in [-0.2, 0) is 11.3 Å². The highest BCUT2D eigenvalue weighted by Crippen LogP contribution is 2.29. The van der Waals surface area contributed by atoms with Crippen LogP contribution in [0.4, 0.5) is 5.69 Å². The lowest BCUT2D eigenvalue weighted by Gasteiger charge is -2.04. The van der Waals surface area contributed by atoms with Crippen LogP contribution >= 0.6 is 0 Å². The van der Waals surface area contributed by atoms with Crippen LogP contribution in [0.5, 0.6) is 0 Å². The number of nitro groups is 1. The molecule has 0 saturated heterocycles. The molecule has 3 rings (SSSR count). The maximum Gasteiger partial charge on any atom is 0.270 e. The molecule has 29 heavy (non-hydrogen) atoms. The van der Waals surface area contributed by atoms with E-state index in [2.05, 4.69) is 5.32 Å². The van der Waals surface area contributed by atoms with Gasteiger partial charge in [0.2, 0.25) is 0 Å². The number of furan rings is 1. The van der Waals surface area contributed by atoms with Crippen LogP contribution < -0.4 is 5.32 Å². The molecule has 7 heteroatoms. The van der Waals surface area contributed by atoms with Crippen molar-refractivity contribution in [3.8, 4) is 17.4 Å². The Morgan fingerprint density at radius 3 is 2.66 bits per heavy atom. The van der Waals surface area contributed by atoms with E-state index in [9.17, 15) is 20.2 Å². The standard InChI is InChI=1S/C22H17N3O4/c1-15-7-8-18(25(27)28)12-20(15)21-10-9-19(29-21)11-17(13-23)22(26)24-14-16-5-3-2-4-6-16/h2-12H,14H2,1H3,(H,24,26). The van der Waals surface area contributed by atoms with Crippen molar-refractivity contribution in [2.24, 2.45) is 0 Å². The number of hydrogen-bond donors (Lipinski definition) is 1. The molecular formula is C22H17N3O4. The first kappa shape index (κ1) is 19.6. The van der Waals surface area contributed by atoms with Crippen molar-refractivity contribution < 1.29 is 14.1 Å². The third kappa shape index (κ3) is 4.76. The van der Waals surface area contributed by atoms with E-state index < -0.39 is 10.8 Å². The van der Waals surface area contributed by atoms with E-state index in [1.54, 1.807) is 18.2 Å². The average molecular weight is 387 g/mol. The van der Waals surface area contributed by atoms with Crippen LogP contribution in [0.25, 0.3) is 17.4 Å². The molecule has 0 aliphatic heterocycles. The van der Waals surface area contributed by atoms with Crippen molar-refractivity contribution in [2.45, 2.75) is 13.5 Å². The molecule has 2 aromatic carbocycles. The quantitative estimate of drug-likeness (QED) is 0.292. The lowest BCUT2D eigenvalue weighted by atomic mass is 10.1. The summed E-state index contributed by atoms with van der Waals surface area (Å²) in [5.74, 6) is 0.206. The van der Waals surface area contributed by atoms with E-state index in [1.165, 1.54) is 18.2 Å². The Balaban J connectivity index is 1.79. The van der Waals surface area contributed by atoms with Gasteiger partial charge in [-0.15, -0.1) is 0 Å². The number of rotatable bonds is 6. The molecule has 0 unspecified atom stereocenters. The molecule has 7 nitrogen and oxygen atoms in total. The van der Waals surface area contributed by atoms with Crippen LogP contribution in [0.15, 0.2) is 70.7 Å². The van der Waals surface area contributed by atoms with Gasteiger partial charge in [0.1, 0.15) is 23.2 Å². The molecule has 0 bridgehead atoms. The number of nitriles is 1. The summed E-state index contributed by atoms with van der Waals surface area (Å²) in [6, 6.07) is 19.0. The number of nitro benzene ring substituents is 1. The highest BCUT2D eigenvalue weighted by atomic mass is 16.6. The second kappa shape index (κ2) is 8.67. The fourth-order valence-electron chi connectivity index (χ4n) is 2.73. The van der Waals surface area contributed by atoms with E-state index in [-0.39, 0.29) is 11.3 Å². The zero-order valence-electron chi connectivity index (χ0n) is 15.6. The van der Waals surface area contributed by atoms with Gasteiger partial charge in [-0.3, -0.25) is 14.9 Å². The predicted octanol–water partition coefficient (Wildman–Crippen LogP) is 4.39. The topological polar surface area (TPSA) is 109 Å². The van der Waals surface area contributed by atoms with E-state index in [1.807, 2.05) is 43.3 Å². The number of aryl methyl sites for hydroxylation is 1. The number of non-ortho nitro benzene ring substituents is 1. The minimum Gasteiger partial charge on any atom is -0.457 e. The zero-order chi connectivity index (χ0) is 20.8. The Labute approximate surface area is 167 Å². The van der Waals surface area contributed by atoms with Crippen molar-refractivity contribution in [1.29, 1.82) is 5.26 Å². The first-order chi connectivity index (χ1) is 14.0. The summed E-state index contributed by atoms with van der Waals surface area (Å²) in [4.78, 5) is 22.8. The maximum atomic E-state index is 12.3. The third-order valence-electron chi connectivity index (χ3n) is 4.27. The summed E-state index contributed by atoms with van der Waals surface area (Å²) in [5.41, 5.74) is 2.15. The number of amides is 1. The summed E-state index contributed by atoms with van der Waals surface area (Å²) >= 11 is 0. The van der Waals surface area contributed by atoms with Gasteiger partial charge in [-0.2, -0.15) is 5.26 Å². The first-order valence-electron chi connectivity index (χ1n) is 8.77. The molecule has 0 radical (unpaired) electrons. The SMILES string of the molecule is Cc1ccc([N+](=O)[O-])cc1-c1ccc(C=C(C#N)C(=O)NCc2ccccc2)o1. The minimum atomic E-state index is -0.513. The van der Waals surface area contributed by atoms with Gasteiger partial charge < -0.3 is 9.73 Å². The number of nitrogens with zero attached hydrogens (tertiary/aromatic N) is 2. The molecule has 1 amide bonds. The van der Waals surface area contributed by atoms with Gasteiger partial charge in [0.15, 0.2) is 0 Å². The van der Waals surface area contributed by atoms with Crippen molar-refractivity contribution in [3.05, 3.63) is 93.2 Å². The largest absolute Gasteiger partial charge is 0.457 e. The molecular weight excluding hydrogens is 370 g/mol. The Kier molecular flexibility index (Phi) is 5.85. The van der Waals surface area contributed by atoms with Gasteiger partial charge >= 0.3 is 0 Å². The van der Waals surface area contributed by atoms with Gasteiger partial charge in [0, 0.05) is 30.3 Å². The molecule has 0 atom stereocenters. The normalized spacial score (nSPS) is 11.0. The van der Waals surface area contributed by atoms with E-state index in [4.69, 9.17) is 4.42 Å². The number of nitrogens with one attached hydrogen (secondary N) is 1. The molecule has 0 saturated carbocycles. The van der Waals surface area contributed by atoms with Crippen molar-refractivity contribution in [2.75, 3.05) is 0 Å². The summed E-state index contributed by atoms with van der Waals surface area (Å²) in [7, 11) is 0. The van der Waals surface area contributed by atoms with Crippen molar-refractivity contribution >= 4 is 17.7 Å². The van der Waals surface area contributed by atoms with Gasteiger partial charge in [-0.25, -0.2) is 0 Å². The lowest BCUT2D eigenvalue weighted by molar-refractivity contribution is -0.384. The fraction of sp³-hybridized carbons (Fsp3) is 0.0909. The third-order valence-corrected chi connectivity index (χ3v) is 4.27. The molecule has 3 aromatic rings. The van der Waals surface area contributed by atoms with E-state index in [0.717, 1.165) is 11.1 Å². The monoisotopic (exact) mass is 387 g/mol. The minimum absolute atomic E-state index is 0.0444. The summed E-state index contributed by atoms with van der Waals surface area (Å²) < 4.78 is 5.70. The van der Waals surface area contributed by atoms with Crippen molar-refractivity contribution in [1.82, 2.24) is 5.32 Å². The molecule has 0 spiro atoms. The zero-order valence-corrected chi connectivity index (χ0v) is 15.6. The van der Waals surface area contributed by atoms with Gasteiger partial charge in [0.25, 0.3) is 11.6 Å². The molecule has 0 aliphatic rings. The predicted molar refractivity (Wildman–Crippen MR) is 107 cm³/mol. The smallest absolute Gasteiger partial charge is 0.270 e. The molecule has 1 N–H and O–H groups in total. The molecule has 0 aliphatic carbocycles. The lowest BCUT2D eigenvalue weighted by Crippen LogP contribution is -2.23. The van der Waals surface area contributed by atoms with E-state index >= 15 is 0 Å². The summed E-state index contributed by atoms with van der Waals surface area (Å²) in [5, 5.41) is 23.0. The van der Waals surface area contributed by atoms with Gasteiger partial charge in [-0.1, -0.05) is 36.4 Å². The van der Waals surface area contributed by atoms with E-state index in [0.29, 0.717) is 23.6 Å². The Hall–Kier alpha value is -4.18. The Morgan fingerprint density at radius 2 is 1.97 bits per heavy atom. The fourth-order valence-corrected chi connectivity index (χ4v) is 2.73. The molecule has 1 aromatic heterocycles. The van der Waals surface area contributed by atoms with Gasteiger partial charge in [-0.05, 0) is 30.2 Å². The van der Waals surface area contributed by atoms with Crippen LogP contribution in [0, 0.1) is 28.4 Å². The molecule has 144 valence electrons. The van der Waals surface area contributed by atoms with Crippen LogP contribution in [0.1, 0.15) is 16.9 Å². The Bertz CT molecular complexity index is 1120. The van der Waals surface area contributed by atoms with Crippen LogP contribution in [0.2, 0.25) is 0 Å². The highest BCUT2D eigenvalue weighted by Gasteiger charge is 2.14. The summed E-state index contributed by atoms with van der Waals surface area (Å²) in [6.45, 7) is 2.11. The number of carbonyl (C=O) groups excluding carboxylic acids is 1. The first-order valence-corrected chi connectivity index (χ1v) is 8.77. The maximum absolute atomic E-state index is 12.3. The molecule has 1 heterocycles. The summed E-state index contributed by atoms with van der Waals surface area (Å²) in [6.07, 6.45) is 1.34. The van der Waals surface area contributed by atoms with Gasteiger partial charge in [0.05, 0.1) is 4.92 Å². The second-order valence-corrected chi connectivity index (χ2v) is 6.30. The number of hydrogen-bond acceptors (Lipinski definition) is 5. The number of benzene rings is 2. The Morgan fingerprint density at radius 1 is 1.21 bits per heavy atom. The van der Waals surface area contributed by atoms with Crippen LogP contribution in [-0.4, -0.2) is 10.8 Å². The highest BCUT2D eigenvalue weighted by molar-refractivity contribution is 6.01. The average Bonchev–Trinajstić information content (AvgIpc) is 3.19. The second-order valence-electron chi connectivity index (χ2n) is 6.30. The van der Waals surface area contributed by atoms with Crippen molar-refractivity contribution in [3.63, 3.8) is 0 Å². The molecule has 0 fully saturated rings.